The highest BCUT2D eigenvalue weighted by atomic mass is 35.5. The van der Waals surface area contributed by atoms with Crippen LogP contribution in [0.15, 0.2) is 41.3 Å². The molecule has 1 aliphatic heterocycles. The smallest absolute Gasteiger partial charge is 0.356 e. The molecule has 0 radical (unpaired) electrons. The van der Waals surface area contributed by atoms with Gasteiger partial charge in [0.2, 0.25) is 5.91 Å². The average molecular weight is 517 g/mol. The van der Waals surface area contributed by atoms with Gasteiger partial charge in [0.1, 0.15) is 11.6 Å². The minimum absolute atomic E-state index is 0.139. The largest absolute Gasteiger partial charge is 0.379 e. The quantitative estimate of drug-likeness (QED) is 0.518. The van der Waals surface area contributed by atoms with Crippen LogP contribution in [0.1, 0.15) is 32.2 Å². The summed E-state index contributed by atoms with van der Waals surface area (Å²) in [5.41, 5.74) is 0.346. The molecule has 0 spiro atoms. The Bertz CT molecular complexity index is 1280. The molecule has 0 atom stereocenters. The van der Waals surface area contributed by atoms with Crippen molar-refractivity contribution in [1.29, 1.82) is 0 Å². The molecule has 0 unspecified atom stereocenters. The molecule has 1 saturated heterocycles. The van der Waals surface area contributed by atoms with E-state index in [-0.39, 0.29) is 23.2 Å². The van der Waals surface area contributed by atoms with Gasteiger partial charge in [-0.3, -0.25) is 9.69 Å². The molecule has 4 rings (SSSR count). The molecule has 9 nitrogen and oxygen atoms in total. The Morgan fingerprint density at radius 1 is 1.19 bits per heavy atom. The maximum atomic E-state index is 13.8. The zero-order valence-electron chi connectivity index (χ0n) is 20.6. The second-order valence-electron chi connectivity index (χ2n) is 9.75. The first-order valence-corrected chi connectivity index (χ1v) is 12.2. The maximum absolute atomic E-state index is 13.8. The monoisotopic (exact) mass is 516 g/mol. The number of morpholine rings is 1. The van der Waals surface area contributed by atoms with Crippen LogP contribution in [0, 0.1) is 5.82 Å². The van der Waals surface area contributed by atoms with E-state index >= 15 is 0 Å². The number of hydrogen-bond donors (Lipinski definition) is 1. The van der Waals surface area contributed by atoms with Crippen molar-refractivity contribution >= 4 is 17.5 Å². The van der Waals surface area contributed by atoms with E-state index < -0.39 is 17.0 Å². The summed E-state index contributed by atoms with van der Waals surface area (Å²) in [5, 5.41) is 7.14. The molecule has 0 saturated carbocycles. The predicted octanol–water partition coefficient (Wildman–Crippen LogP) is 2.54. The summed E-state index contributed by atoms with van der Waals surface area (Å²) in [6, 6.07) is 7.56. The highest BCUT2D eigenvalue weighted by Crippen LogP contribution is 2.19. The zero-order valence-corrected chi connectivity index (χ0v) is 21.4. The third-order valence-corrected chi connectivity index (χ3v) is 5.98. The van der Waals surface area contributed by atoms with Crippen LogP contribution in [-0.2, 0) is 22.4 Å². The van der Waals surface area contributed by atoms with Crippen LogP contribution < -0.4 is 11.0 Å². The molecular formula is C25H30ClFN6O3. The average Bonchev–Trinajstić information content (AvgIpc) is 3.14. The van der Waals surface area contributed by atoms with Crippen LogP contribution in [-0.4, -0.2) is 68.5 Å². The SMILES string of the molecule is CC(C)(C)NC(=O)Cc1nn(-c2ccc(CCN3CCOCC3)cn2)c(=O)n1-c1ccc(F)c(Cl)c1. The van der Waals surface area contributed by atoms with Crippen LogP contribution in [0.25, 0.3) is 11.5 Å². The summed E-state index contributed by atoms with van der Waals surface area (Å²) in [4.78, 5) is 32.8. The number of rotatable bonds is 7. The van der Waals surface area contributed by atoms with E-state index in [9.17, 15) is 14.0 Å². The molecule has 1 aromatic carbocycles. The zero-order chi connectivity index (χ0) is 25.9. The van der Waals surface area contributed by atoms with Gasteiger partial charge in [-0.1, -0.05) is 17.7 Å². The summed E-state index contributed by atoms with van der Waals surface area (Å²) in [5.74, 6) is -0.412. The van der Waals surface area contributed by atoms with E-state index in [2.05, 4.69) is 20.3 Å². The summed E-state index contributed by atoms with van der Waals surface area (Å²) in [7, 11) is 0. The van der Waals surface area contributed by atoms with Gasteiger partial charge in [-0.05, 0) is 57.0 Å². The van der Waals surface area contributed by atoms with Crippen LogP contribution in [0.2, 0.25) is 5.02 Å². The molecule has 36 heavy (non-hydrogen) atoms. The first kappa shape index (κ1) is 26.0. The Balaban J connectivity index is 1.62. The number of hydrogen-bond acceptors (Lipinski definition) is 6. The lowest BCUT2D eigenvalue weighted by molar-refractivity contribution is -0.121. The second-order valence-corrected chi connectivity index (χ2v) is 10.2. The van der Waals surface area contributed by atoms with Crippen molar-refractivity contribution < 1.29 is 13.9 Å². The first-order valence-electron chi connectivity index (χ1n) is 11.8. The molecule has 3 heterocycles. The van der Waals surface area contributed by atoms with Gasteiger partial charge in [0.25, 0.3) is 0 Å². The van der Waals surface area contributed by atoms with E-state index in [1.165, 1.54) is 22.8 Å². The number of halogens is 2. The molecule has 0 bridgehead atoms. The normalized spacial score (nSPS) is 14.7. The Hall–Kier alpha value is -3.08. The number of benzene rings is 1. The van der Waals surface area contributed by atoms with Gasteiger partial charge in [0, 0.05) is 31.4 Å². The van der Waals surface area contributed by atoms with Gasteiger partial charge in [-0.25, -0.2) is 18.7 Å². The second kappa shape index (κ2) is 10.9. The lowest BCUT2D eigenvalue weighted by Gasteiger charge is -2.26. The molecule has 2 aromatic heterocycles. The summed E-state index contributed by atoms with van der Waals surface area (Å²) < 4.78 is 21.6. The summed E-state index contributed by atoms with van der Waals surface area (Å²) in [6.07, 6.45) is 2.39. The topological polar surface area (TPSA) is 94.3 Å². The molecule has 1 N–H and O–H groups in total. The van der Waals surface area contributed by atoms with Gasteiger partial charge >= 0.3 is 5.69 Å². The van der Waals surface area contributed by atoms with Crippen molar-refractivity contribution in [3.8, 4) is 11.5 Å². The van der Waals surface area contributed by atoms with Crippen LogP contribution in [0.5, 0.6) is 0 Å². The number of aromatic nitrogens is 4. The third-order valence-electron chi connectivity index (χ3n) is 5.69. The number of carbonyl (C=O) groups excluding carboxylic acids is 1. The van der Waals surface area contributed by atoms with Gasteiger partial charge < -0.3 is 10.1 Å². The van der Waals surface area contributed by atoms with Crippen LogP contribution >= 0.6 is 11.6 Å². The Kier molecular flexibility index (Phi) is 7.87. The van der Waals surface area contributed by atoms with E-state index in [1.54, 1.807) is 12.3 Å². The predicted molar refractivity (Wildman–Crippen MR) is 134 cm³/mol. The number of ether oxygens (including phenoxy) is 1. The van der Waals surface area contributed by atoms with E-state index in [1.807, 2.05) is 26.8 Å². The fourth-order valence-electron chi connectivity index (χ4n) is 3.96. The van der Waals surface area contributed by atoms with E-state index in [0.29, 0.717) is 11.5 Å². The van der Waals surface area contributed by atoms with E-state index in [0.717, 1.165) is 49.5 Å². The van der Waals surface area contributed by atoms with Crippen molar-refractivity contribution in [3.63, 3.8) is 0 Å². The Morgan fingerprint density at radius 2 is 1.94 bits per heavy atom. The van der Waals surface area contributed by atoms with Gasteiger partial charge in [0.05, 0.1) is 30.3 Å². The van der Waals surface area contributed by atoms with Crippen LogP contribution in [0.3, 0.4) is 0 Å². The van der Waals surface area contributed by atoms with Gasteiger partial charge in [-0.15, -0.1) is 5.10 Å². The number of nitrogens with zero attached hydrogens (tertiary/aromatic N) is 5. The minimum atomic E-state index is -0.609. The molecule has 0 aliphatic carbocycles. The molecule has 11 heteroatoms. The Morgan fingerprint density at radius 3 is 2.58 bits per heavy atom. The summed E-state index contributed by atoms with van der Waals surface area (Å²) in [6.45, 7) is 9.81. The molecule has 1 amide bonds. The molecule has 192 valence electrons. The number of pyridine rings is 1. The van der Waals surface area contributed by atoms with Crippen molar-refractivity contribution in [3.05, 3.63) is 69.2 Å². The molecular weight excluding hydrogens is 487 g/mol. The van der Waals surface area contributed by atoms with Crippen molar-refractivity contribution in [1.82, 2.24) is 29.5 Å². The number of nitrogens with one attached hydrogen (secondary N) is 1. The van der Waals surface area contributed by atoms with Crippen LogP contribution in [0.4, 0.5) is 4.39 Å². The molecule has 1 aliphatic rings. The first-order chi connectivity index (χ1) is 17.1. The van der Waals surface area contributed by atoms with Crippen molar-refractivity contribution in [2.75, 3.05) is 32.8 Å². The van der Waals surface area contributed by atoms with Crippen molar-refractivity contribution in [2.45, 2.75) is 39.2 Å². The lowest BCUT2D eigenvalue weighted by Crippen LogP contribution is -2.41. The molecule has 3 aromatic rings. The highest BCUT2D eigenvalue weighted by molar-refractivity contribution is 6.30. The molecule has 1 fully saturated rings. The number of carbonyl (C=O) groups is 1. The Labute approximate surface area is 213 Å². The number of amides is 1. The van der Waals surface area contributed by atoms with Gasteiger partial charge in [-0.2, -0.15) is 4.68 Å². The lowest BCUT2D eigenvalue weighted by atomic mass is 10.1. The minimum Gasteiger partial charge on any atom is -0.379 e. The fourth-order valence-corrected chi connectivity index (χ4v) is 4.14. The highest BCUT2D eigenvalue weighted by Gasteiger charge is 2.22. The third kappa shape index (κ3) is 6.37. The van der Waals surface area contributed by atoms with E-state index in [4.69, 9.17) is 16.3 Å². The van der Waals surface area contributed by atoms with Gasteiger partial charge in [0.15, 0.2) is 5.82 Å². The maximum Gasteiger partial charge on any atom is 0.356 e. The van der Waals surface area contributed by atoms with Crippen molar-refractivity contribution in [2.24, 2.45) is 0 Å². The fraction of sp³-hybridized carbons (Fsp3) is 0.440. The standard InChI is InChI=1S/C25H30ClFN6O3/c1-25(2,3)29-23(34)15-22-30-33(24(35)32(22)18-5-6-20(27)19(26)14-18)21-7-4-17(16-28-21)8-9-31-10-12-36-13-11-31/h4-7,14,16H,8-13,15H2,1-3H3,(H,29,34). The summed E-state index contributed by atoms with van der Waals surface area (Å²) >= 11 is 5.97.